The Kier molecular flexibility index (Phi) is 22.4. The Morgan fingerprint density at radius 3 is 1.64 bits per heavy atom. The second kappa shape index (κ2) is 23.5. The lowest BCUT2D eigenvalue weighted by atomic mass is 10.0. The molecule has 0 aromatic heterocycles. The number of hydrogen-bond acceptors (Lipinski definition) is 3. The van der Waals surface area contributed by atoms with E-state index >= 15 is 0 Å². The highest BCUT2D eigenvalue weighted by molar-refractivity contribution is 5.93. The van der Waals surface area contributed by atoms with Crippen LogP contribution in [-0.4, -0.2) is 35.6 Å². The molecule has 192 valence electrons. The van der Waals surface area contributed by atoms with Crippen LogP contribution in [0.25, 0.3) is 0 Å². The molecule has 0 fully saturated rings. The van der Waals surface area contributed by atoms with E-state index in [0.29, 0.717) is 6.54 Å². The number of amides is 2. The molecule has 0 spiro atoms. The van der Waals surface area contributed by atoms with Gasteiger partial charge < -0.3 is 15.7 Å². The number of aliphatic hydroxyl groups excluding tert-OH is 1. The number of carbonyl (C=O) groups excluding carboxylic acids is 2. The van der Waals surface area contributed by atoms with Crippen molar-refractivity contribution in [3.05, 3.63) is 24.3 Å². The Hall–Kier alpha value is -1.62. The molecule has 0 rings (SSSR count). The number of rotatable bonds is 22. The lowest BCUT2D eigenvalue weighted by Gasteiger charge is -2.20. The lowest BCUT2D eigenvalue weighted by Crippen LogP contribution is -2.52. The molecule has 0 saturated heterocycles. The number of aliphatic hydroxyl groups is 1. The molecule has 2 atom stereocenters. The van der Waals surface area contributed by atoms with Crippen molar-refractivity contribution in [2.75, 3.05) is 6.54 Å². The molecular weight excluding hydrogens is 412 g/mol. The fourth-order valence-corrected chi connectivity index (χ4v) is 3.86. The molecule has 0 aromatic carbocycles. The fraction of sp³-hybridized carbons (Fsp3) is 0.786. The number of carbonyl (C=O) groups is 2. The van der Waals surface area contributed by atoms with Gasteiger partial charge in [-0.2, -0.15) is 0 Å². The molecule has 0 aliphatic carbocycles. The predicted octanol–water partition coefficient (Wildman–Crippen LogP) is 6.36. The van der Waals surface area contributed by atoms with Gasteiger partial charge in [0.1, 0.15) is 6.04 Å². The second-order valence-electron chi connectivity index (χ2n) is 9.21. The summed E-state index contributed by atoms with van der Waals surface area (Å²) in [6.45, 7) is 6.21. The summed E-state index contributed by atoms with van der Waals surface area (Å²) in [7, 11) is 0. The van der Waals surface area contributed by atoms with Gasteiger partial charge in [0, 0.05) is 12.6 Å². The Morgan fingerprint density at radius 2 is 1.21 bits per heavy atom. The summed E-state index contributed by atoms with van der Waals surface area (Å²) in [5, 5.41) is 15.2. The zero-order valence-electron chi connectivity index (χ0n) is 21.7. The normalized spacial score (nSPS) is 13.5. The van der Waals surface area contributed by atoms with E-state index in [0.717, 1.165) is 12.8 Å². The van der Waals surface area contributed by atoms with Crippen LogP contribution in [-0.2, 0) is 9.59 Å². The molecule has 0 saturated carbocycles. The number of allylic oxidation sites excluding steroid dienone is 3. The van der Waals surface area contributed by atoms with Crippen molar-refractivity contribution in [1.82, 2.24) is 10.6 Å². The van der Waals surface area contributed by atoms with Crippen LogP contribution in [0, 0.1) is 0 Å². The number of nitrogens with one attached hydrogen (secondary N) is 2. The standard InChI is InChI=1S/C28H52N2O3/c1-4-6-8-9-10-11-12-13-14-15-16-17-18-19-20-22-24-29-28(33)27(25(3)31)30-26(32)23-21-7-5-2/h5,7,21,23,25,27,31H,4,6,8-20,22,24H2,1-3H3,(H,29,33)(H,30,32)/b7-5+,23-21+/t25-,27-/m0/s1. The molecule has 5 heteroatoms. The third kappa shape index (κ3) is 20.7. The van der Waals surface area contributed by atoms with Crippen LogP contribution >= 0.6 is 0 Å². The Labute approximate surface area is 203 Å². The molecule has 0 unspecified atom stereocenters. The molecule has 33 heavy (non-hydrogen) atoms. The molecule has 3 N–H and O–H groups in total. The molecular formula is C28H52N2O3. The van der Waals surface area contributed by atoms with E-state index in [1.165, 1.54) is 103 Å². The van der Waals surface area contributed by atoms with Gasteiger partial charge in [0.25, 0.3) is 0 Å². The van der Waals surface area contributed by atoms with Crippen molar-refractivity contribution in [3.8, 4) is 0 Å². The van der Waals surface area contributed by atoms with Crippen LogP contribution in [0.2, 0.25) is 0 Å². The summed E-state index contributed by atoms with van der Waals surface area (Å²) in [4.78, 5) is 24.1. The number of unbranched alkanes of at least 4 members (excludes halogenated alkanes) is 15. The zero-order chi connectivity index (χ0) is 24.6. The van der Waals surface area contributed by atoms with Gasteiger partial charge in [-0.1, -0.05) is 121 Å². The van der Waals surface area contributed by atoms with Gasteiger partial charge in [0.15, 0.2) is 0 Å². The van der Waals surface area contributed by atoms with Crippen molar-refractivity contribution in [2.45, 2.75) is 136 Å². The van der Waals surface area contributed by atoms with Crippen molar-refractivity contribution < 1.29 is 14.7 Å². The maximum absolute atomic E-state index is 12.3. The van der Waals surface area contributed by atoms with E-state index < -0.39 is 18.1 Å². The van der Waals surface area contributed by atoms with Crippen LogP contribution in [0.3, 0.4) is 0 Å². The van der Waals surface area contributed by atoms with Crippen molar-refractivity contribution >= 4 is 11.8 Å². The largest absolute Gasteiger partial charge is 0.391 e. The minimum absolute atomic E-state index is 0.334. The van der Waals surface area contributed by atoms with Gasteiger partial charge in [-0.05, 0) is 20.3 Å². The Morgan fingerprint density at radius 1 is 0.758 bits per heavy atom. The van der Waals surface area contributed by atoms with E-state index in [9.17, 15) is 14.7 Å². The molecule has 0 heterocycles. The monoisotopic (exact) mass is 464 g/mol. The van der Waals surface area contributed by atoms with Crippen LogP contribution < -0.4 is 10.6 Å². The van der Waals surface area contributed by atoms with Crippen LogP contribution in [0.4, 0.5) is 0 Å². The lowest BCUT2D eigenvalue weighted by molar-refractivity contribution is -0.129. The third-order valence-corrected chi connectivity index (χ3v) is 5.94. The summed E-state index contributed by atoms with van der Waals surface area (Å²) < 4.78 is 0. The van der Waals surface area contributed by atoms with E-state index in [2.05, 4.69) is 17.6 Å². The highest BCUT2D eigenvalue weighted by Crippen LogP contribution is 2.13. The average Bonchev–Trinajstić information content (AvgIpc) is 2.79. The molecule has 0 bridgehead atoms. The van der Waals surface area contributed by atoms with Crippen molar-refractivity contribution in [2.24, 2.45) is 0 Å². The maximum Gasteiger partial charge on any atom is 0.245 e. The zero-order valence-corrected chi connectivity index (χ0v) is 21.7. The van der Waals surface area contributed by atoms with Crippen LogP contribution in [0.5, 0.6) is 0 Å². The van der Waals surface area contributed by atoms with E-state index in [1.54, 1.807) is 18.2 Å². The van der Waals surface area contributed by atoms with Gasteiger partial charge in [-0.15, -0.1) is 0 Å². The molecule has 0 radical (unpaired) electrons. The van der Waals surface area contributed by atoms with E-state index in [4.69, 9.17) is 0 Å². The van der Waals surface area contributed by atoms with Gasteiger partial charge in [-0.3, -0.25) is 9.59 Å². The first kappa shape index (κ1) is 31.4. The minimum Gasteiger partial charge on any atom is -0.391 e. The average molecular weight is 465 g/mol. The first-order valence-electron chi connectivity index (χ1n) is 13.6. The van der Waals surface area contributed by atoms with Crippen LogP contribution in [0.1, 0.15) is 124 Å². The highest BCUT2D eigenvalue weighted by Gasteiger charge is 2.24. The van der Waals surface area contributed by atoms with Gasteiger partial charge in [0.05, 0.1) is 6.10 Å². The Balaban J connectivity index is 3.61. The fourth-order valence-electron chi connectivity index (χ4n) is 3.86. The molecule has 0 aromatic rings. The highest BCUT2D eigenvalue weighted by atomic mass is 16.3. The molecule has 0 aliphatic rings. The summed E-state index contributed by atoms with van der Waals surface area (Å²) in [6.07, 6.45) is 26.6. The predicted molar refractivity (Wildman–Crippen MR) is 140 cm³/mol. The minimum atomic E-state index is -0.949. The number of hydrogen-bond donors (Lipinski definition) is 3. The maximum atomic E-state index is 12.3. The molecule has 5 nitrogen and oxygen atoms in total. The smallest absolute Gasteiger partial charge is 0.245 e. The quantitative estimate of drug-likeness (QED) is 0.0990. The SMILES string of the molecule is C/C=C/C=C/C(=O)N[C@H](C(=O)NCCCCCCCCCCCCCCCCCC)[C@H](C)O. The van der Waals surface area contributed by atoms with E-state index in [-0.39, 0.29) is 5.91 Å². The van der Waals surface area contributed by atoms with Crippen molar-refractivity contribution in [3.63, 3.8) is 0 Å². The van der Waals surface area contributed by atoms with Gasteiger partial charge >= 0.3 is 0 Å². The summed E-state index contributed by atoms with van der Waals surface area (Å²) in [5.74, 6) is -0.727. The topological polar surface area (TPSA) is 78.4 Å². The van der Waals surface area contributed by atoms with Gasteiger partial charge in [-0.25, -0.2) is 0 Å². The van der Waals surface area contributed by atoms with E-state index in [1.807, 2.05) is 6.92 Å². The Bertz CT molecular complexity index is 529. The first-order valence-corrected chi connectivity index (χ1v) is 13.6. The molecule has 2 amide bonds. The van der Waals surface area contributed by atoms with Gasteiger partial charge in [0.2, 0.25) is 11.8 Å². The second-order valence-corrected chi connectivity index (χ2v) is 9.21. The molecule has 0 aliphatic heterocycles. The summed E-state index contributed by atoms with van der Waals surface area (Å²) in [6, 6.07) is -0.936. The first-order chi connectivity index (χ1) is 16.0. The third-order valence-electron chi connectivity index (χ3n) is 5.94. The summed E-state index contributed by atoms with van der Waals surface area (Å²) in [5.41, 5.74) is 0. The summed E-state index contributed by atoms with van der Waals surface area (Å²) >= 11 is 0. The van der Waals surface area contributed by atoms with Crippen LogP contribution in [0.15, 0.2) is 24.3 Å². The van der Waals surface area contributed by atoms with Crippen molar-refractivity contribution in [1.29, 1.82) is 0 Å².